The monoisotopic (exact) mass is 1110 g/mol. The largest absolute Gasteiger partial charge is 0.393 e. The lowest BCUT2D eigenvalue weighted by molar-refractivity contribution is -0.215. The van der Waals surface area contributed by atoms with E-state index in [1.807, 2.05) is 0 Å². The zero-order chi connectivity index (χ0) is 58.1. The molecule has 8 saturated carbocycles. The molecule has 0 aromatic carbocycles. The first kappa shape index (κ1) is 61.4. The van der Waals surface area contributed by atoms with Crippen LogP contribution < -0.4 is 10.6 Å². The normalized spacial score (nSPS) is 47.4. The fraction of sp³-hybridized carbons (Fsp3) is 0.917. The van der Waals surface area contributed by atoms with Crippen molar-refractivity contribution in [2.75, 3.05) is 13.1 Å². The van der Waals surface area contributed by atoms with Gasteiger partial charge >= 0.3 is 0 Å². The van der Waals surface area contributed by atoms with Crippen molar-refractivity contribution in [1.29, 1.82) is 0 Å². The molecular formula is C72H120N2O6. The molecule has 6 unspecified atom stereocenters. The Labute approximate surface area is 488 Å². The molecule has 18 atom stereocenters. The smallest absolute Gasteiger partial charge is 0.229 e. The zero-order valence-corrected chi connectivity index (χ0v) is 53.7. The van der Waals surface area contributed by atoms with Gasteiger partial charge in [0.05, 0.1) is 35.2 Å². The molecule has 80 heavy (non-hydrogen) atoms. The van der Waals surface area contributed by atoms with Crippen molar-refractivity contribution in [2.24, 2.45) is 100 Å². The highest BCUT2D eigenvalue weighted by atomic mass is 16.3. The van der Waals surface area contributed by atoms with Crippen LogP contribution in [0.5, 0.6) is 0 Å². The van der Waals surface area contributed by atoms with Crippen molar-refractivity contribution in [3.63, 3.8) is 0 Å². The van der Waals surface area contributed by atoms with Gasteiger partial charge in [0, 0.05) is 13.1 Å². The molecule has 10 aliphatic rings. The van der Waals surface area contributed by atoms with Gasteiger partial charge in [-0.2, -0.15) is 0 Å². The highest BCUT2D eigenvalue weighted by Crippen LogP contribution is 2.78. The van der Waals surface area contributed by atoms with Gasteiger partial charge in [0.1, 0.15) is 0 Å². The van der Waals surface area contributed by atoms with Gasteiger partial charge in [0.25, 0.3) is 0 Å². The van der Waals surface area contributed by atoms with Crippen molar-refractivity contribution in [3.05, 3.63) is 23.3 Å². The lowest BCUT2D eigenvalue weighted by atomic mass is 9.33. The van der Waals surface area contributed by atoms with E-state index in [1.54, 1.807) is 0 Å². The molecule has 8 nitrogen and oxygen atoms in total. The third-order valence-electron chi connectivity index (χ3n) is 29.3. The fourth-order valence-electron chi connectivity index (χ4n) is 23.9. The minimum absolute atomic E-state index is 0.0312. The number of aliphatic hydroxyl groups excluding tert-OH is 4. The maximum Gasteiger partial charge on any atom is 0.229 e. The number of amides is 2. The third kappa shape index (κ3) is 9.15. The summed E-state index contributed by atoms with van der Waals surface area (Å²) < 4.78 is 0. The molecule has 10 rings (SSSR count). The lowest BCUT2D eigenvalue weighted by Crippen LogP contribution is -2.68. The summed E-state index contributed by atoms with van der Waals surface area (Å²) in [4.78, 5) is 29.5. The summed E-state index contributed by atoms with van der Waals surface area (Å²) in [6.45, 7) is 35.3. The van der Waals surface area contributed by atoms with E-state index in [1.165, 1.54) is 49.7 Å². The first-order chi connectivity index (χ1) is 37.3. The van der Waals surface area contributed by atoms with Crippen LogP contribution in [0.15, 0.2) is 23.3 Å². The highest BCUT2D eigenvalue weighted by molar-refractivity contribution is 5.85. The Morgan fingerprint density at radius 2 is 0.750 bits per heavy atom. The number of carbonyl (C=O) groups excluding carboxylic acids is 2. The number of aliphatic hydroxyl groups is 4. The van der Waals surface area contributed by atoms with Crippen LogP contribution in [0.3, 0.4) is 0 Å². The summed E-state index contributed by atoms with van der Waals surface area (Å²) in [6.07, 6.45) is 31.9. The lowest BCUT2D eigenvalue weighted by Gasteiger charge is -2.71. The van der Waals surface area contributed by atoms with Gasteiger partial charge in [-0.1, -0.05) is 172 Å². The Morgan fingerprint density at radius 3 is 1.10 bits per heavy atom. The van der Waals surface area contributed by atoms with Crippen LogP contribution in [-0.2, 0) is 9.59 Å². The number of allylic oxidation sites excluding steroid dienone is 4. The van der Waals surface area contributed by atoms with Crippen molar-refractivity contribution >= 4 is 11.8 Å². The molecule has 2 amide bonds. The summed E-state index contributed by atoms with van der Waals surface area (Å²) in [6, 6.07) is 0. The molecule has 454 valence electrons. The van der Waals surface area contributed by atoms with Crippen molar-refractivity contribution in [2.45, 2.75) is 301 Å². The Balaban J connectivity index is 0.666. The van der Waals surface area contributed by atoms with E-state index >= 15 is 0 Å². The number of unbranched alkanes of at least 4 members (excludes halogenated alkanes) is 9. The Morgan fingerprint density at radius 1 is 0.412 bits per heavy atom. The van der Waals surface area contributed by atoms with Gasteiger partial charge in [-0.05, 0) is 218 Å². The van der Waals surface area contributed by atoms with E-state index < -0.39 is 23.0 Å². The topological polar surface area (TPSA) is 139 Å². The third-order valence-corrected chi connectivity index (χ3v) is 29.3. The fourth-order valence-corrected chi connectivity index (χ4v) is 23.9. The number of fused-ring (bicyclic) bond motifs is 14. The van der Waals surface area contributed by atoms with E-state index in [-0.39, 0.29) is 90.0 Å². The van der Waals surface area contributed by atoms with Crippen molar-refractivity contribution < 1.29 is 30.0 Å². The minimum atomic E-state index is -0.765. The van der Waals surface area contributed by atoms with Crippen LogP contribution in [0.4, 0.5) is 0 Å². The van der Waals surface area contributed by atoms with Crippen LogP contribution in [0.2, 0.25) is 0 Å². The molecule has 8 heteroatoms. The average Bonchev–Trinajstić information content (AvgIpc) is 3.48. The Bertz CT molecular complexity index is 2220. The maximum atomic E-state index is 14.8. The second-order valence-corrected chi connectivity index (χ2v) is 34.8. The summed E-state index contributed by atoms with van der Waals surface area (Å²) in [5.74, 6) is 2.27. The Kier molecular flexibility index (Phi) is 16.1. The van der Waals surface area contributed by atoms with Gasteiger partial charge < -0.3 is 31.1 Å². The van der Waals surface area contributed by atoms with Gasteiger partial charge in [0.2, 0.25) is 11.8 Å². The molecule has 0 aliphatic heterocycles. The number of hydrogen-bond acceptors (Lipinski definition) is 6. The first-order valence-electron chi connectivity index (χ1n) is 34.0. The molecule has 0 saturated heterocycles. The van der Waals surface area contributed by atoms with Gasteiger partial charge in [-0.15, -0.1) is 0 Å². The molecule has 6 N–H and O–H groups in total. The van der Waals surface area contributed by atoms with Gasteiger partial charge in [0.15, 0.2) is 0 Å². The van der Waals surface area contributed by atoms with E-state index in [2.05, 4.69) is 120 Å². The van der Waals surface area contributed by atoms with E-state index in [9.17, 15) is 30.0 Å². The number of nitrogens with one attached hydrogen (secondary N) is 2. The highest BCUT2D eigenvalue weighted by Gasteiger charge is 2.73. The average molecular weight is 1110 g/mol. The minimum Gasteiger partial charge on any atom is -0.393 e. The van der Waals surface area contributed by atoms with Crippen LogP contribution in [0.1, 0.15) is 277 Å². The molecule has 10 aliphatic carbocycles. The number of rotatable bonds is 15. The second-order valence-electron chi connectivity index (χ2n) is 34.8. The maximum absolute atomic E-state index is 14.8. The van der Waals surface area contributed by atoms with E-state index in [0.717, 1.165) is 128 Å². The first-order valence-corrected chi connectivity index (χ1v) is 34.0. The predicted molar refractivity (Wildman–Crippen MR) is 325 cm³/mol. The predicted octanol–water partition coefficient (Wildman–Crippen LogP) is 15.4. The van der Waals surface area contributed by atoms with Crippen LogP contribution in [-0.4, -0.2) is 69.7 Å². The van der Waals surface area contributed by atoms with Crippen LogP contribution in [0.25, 0.3) is 0 Å². The summed E-state index contributed by atoms with van der Waals surface area (Å²) >= 11 is 0. The molecule has 0 aromatic heterocycles. The van der Waals surface area contributed by atoms with E-state index in [0.29, 0.717) is 49.6 Å². The molecule has 0 spiro atoms. The van der Waals surface area contributed by atoms with Gasteiger partial charge in [-0.3, -0.25) is 9.59 Å². The quantitative estimate of drug-likeness (QED) is 0.0713. The summed E-state index contributed by atoms with van der Waals surface area (Å²) in [7, 11) is 0. The molecule has 0 radical (unpaired) electrons. The van der Waals surface area contributed by atoms with Crippen molar-refractivity contribution in [1.82, 2.24) is 10.6 Å². The SMILES string of the molecule is CC1(C)CC[C@@]2(C(=O)NCCCCCCCCCCCCNC(=O)[C@]34CCC(C)(C)CC3C3=CCC5[C@@]6(C)CC[C@H](O)C(C)(C)C6CC[C@@]5(C)[C@]3(C)C[C@H]4O)C(C1)C1=CCC3[C@@]4(C)CC[C@H](O)C(C)(C)C4CC[C@@]3(C)[C@]1(C)C[C@H]2O. The Hall–Kier alpha value is -1.74. The summed E-state index contributed by atoms with van der Waals surface area (Å²) in [5, 5.41) is 54.5. The van der Waals surface area contributed by atoms with Gasteiger partial charge in [-0.25, -0.2) is 0 Å². The molecule has 8 fully saturated rings. The number of carbonyl (C=O) groups is 2. The molecule has 0 heterocycles. The summed E-state index contributed by atoms with van der Waals surface area (Å²) in [5.41, 5.74) is 1.50. The van der Waals surface area contributed by atoms with Crippen LogP contribution >= 0.6 is 0 Å². The standard InChI is InChI=1S/C72H120N2O6/c1-61(2)37-39-71(49(43-61)47-25-27-53-65(9)33-31-55(75)63(5,6)51(65)29-35-67(53,11)69(47,13)45-57(71)77)59(79)73-41-23-21-19-17-15-16-18-20-22-24-42-74-60(80)72-40-38-62(3,4)44-50(72)48-26-28-54-66(10)34-32-56(76)64(7,8)52(66)30-36-68(54,12)70(48,14)46-58(72)78/h25-26,49-58,75-78H,15-24,27-46H2,1-14H3,(H,73,79)(H,74,80)/t49?,50?,51?,52?,53?,54?,55-,56-,57+,58+,65-,66-,67+,68+,69+,70+,71+,72+/m0/s1. The van der Waals surface area contributed by atoms with E-state index in [4.69, 9.17) is 0 Å². The molecule has 0 aromatic rings. The zero-order valence-electron chi connectivity index (χ0n) is 53.7. The molecule has 0 bridgehead atoms. The van der Waals surface area contributed by atoms with Crippen LogP contribution in [0, 0.1) is 100 Å². The molecular weight excluding hydrogens is 989 g/mol. The van der Waals surface area contributed by atoms with Crippen molar-refractivity contribution in [3.8, 4) is 0 Å². The second kappa shape index (κ2) is 21.0. The number of hydrogen-bond donors (Lipinski definition) is 6.